The quantitative estimate of drug-likeness (QED) is 0.812. The Hall–Kier alpha value is -2.31. The molecule has 0 bridgehead atoms. The molecule has 1 N–H and O–H groups in total. The van der Waals surface area contributed by atoms with E-state index in [4.69, 9.17) is 4.74 Å². The van der Waals surface area contributed by atoms with Crippen LogP contribution in [0.5, 0.6) is 0 Å². The number of halogens is 3. The Bertz CT molecular complexity index is 736. The van der Waals surface area contributed by atoms with Crippen molar-refractivity contribution in [2.75, 3.05) is 6.61 Å². The first-order valence-electron chi connectivity index (χ1n) is 7.69. The molecular formula is C17H17F3N2O2. The fraction of sp³-hybridized carbons (Fsp3) is 0.412. The first kappa shape index (κ1) is 16.5. The van der Waals surface area contributed by atoms with E-state index in [1.807, 2.05) is 6.92 Å². The van der Waals surface area contributed by atoms with E-state index in [0.29, 0.717) is 18.0 Å². The van der Waals surface area contributed by atoms with Crippen molar-refractivity contribution in [1.29, 1.82) is 0 Å². The molecule has 0 saturated heterocycles. The van der Waals surface area contributed by atoms with E-state index in [1.165, 1.54) is 6.07 Å². The number of aromatic nitrogens is 2. The van der Waals surface area contributed by atoms with Gasteiger partial charge in [0, 0.05) is 23.1 Å². The number of hydrogen-bond donors (Lipinski definition) is 1. The van der Waals surface area contributed by atoms with Gasteiger partial charge >= 0.3 is 6.18 Å². The number of ether oxygens (including phenoxy) is 1. The Balaban J connectivity index is 2.04. The zero-order chi connectivity index (χ0) is 17.3. The zero-order valence-electron chi connectivity index (χ0n) is 13.1. The number of alkyl halides is 3. The molecule has 1 fully saturated rings. The Morgan fingerprint density at radius 3 is 2.79 bits per heavy atom. The van der Waals surface area contributed by atoms with Gasteiger partial charge in [-0.25, -0.2) is 0 Å². The second kappa shape index (κ2) is 6.30. The number of H-pyrrole nitrogens is 1. The third kappa shape index (κ3) is 3.29. The Kier molecular flexibility index (Phi) is 4.34. The van der Waals surface area contributed by atoms with Crippen LogP contribution in [-0.2, 0) is 15.7 Å². The van der Waals surface area contributed by atoms with Crippen LogP contribution in [0.1, 0.15) is 52.8 Å². The average molecular weight is 338 g/mol. The first-order chi connectivity index (χ1) is 11.4. The van der Waals surface area contributed by atoms with Crippen LogP contribution in [0.2, 0.25) is 0 Å². The smallest absolute Gasteiger partial charge is 0.416 e. The summed E-state index contributed by atoms with van der Waals surface area (Å²) in [5.41, 5.74) is 2.22. The number of benzene rings is 1. The molecule has 128 valence electrons. The highest BCUT2D eigenvalue weighted by Crippen LogP contribution is 2.44. The lowest BCUT2D eigenvalue weighted by molar-refractivity contribution is -0.137. The van der Waals surface area contributed by atoms with Crippen LogP contribution in [0.15, 0.2) is 24.3 Å². The molecule has 0 aliphatic heterocycles. The maximum atomic E-state index is 13.0. The predicted octanol–water partition coefficient (Wildman–Crippen LogP) is 3.92. The van der Waals surface area contributed by atoms with Crippen molar-refractivity contribution in [1.82, 2.24) is 10.2 Å². The summed E-state index contributed by atoms with van der Waals surface area (Å²) in [5.74, 6) is -0.152. The molecule has 1 heterocycles. The van der Waals surface area contributed by atoms with Gasteiger partial charge in [-0.1, -0.05) is 18.2 Å². The van der Waals surface area contributed by atoms with Crippen LogP contribution in [0.25, 0.3) is 0 Å². The topological polar surface area (TPSA) is 55.0 Å². The summed E-state index contributed by atoms with van der Waals surface area (Å²) in [5, 5.41) is 7.23. The number of carbonyl (C=O) groups is 1. The highest BCUT2D eigenvalue weighted by atomic mass is 19.4. The number of nitrogens with one attached hydrogen (secondary N) is 1. The highest BCUT2D eigenvalue weighted by molar-refractivity contribution is 5.43. The normalized spacial score (nSPS) is 16.0. The van der Waals surface area contributed by atoms with Gasteiger partial charge in [0.25, 0.3) is 6.47 Å². The third-order valence-corrected chi connectivity index (χ3v) is 4.28. The Morgan fingerprint density at radius 2 is 2.17 bits per heavy atom. The maximum absolute atomic E-state index is 13.0. The van der Waals surface area contributed by atoms with Crippen molar-refractivity contribution in [3.05, 3.63) is 52.3 Å². The lowest BCUT2D eigenvalue weighted by Crippen LogP contribution is -2.13. The number of rotatable bonds is 6. The lowest BCUT2D eigenvalue weighted by Gasteiger charge is -2.19. The average Bonchev–Trinajstić information content (AvgIpc) is 3.32. The molecular weight excluding hydrogens is 321 g/mol. The van der Waals surface area contributed by atoms with Crippen molar-refractivity contribution in [3.63, 3.8) is 0 Å². The Labute approximate surface area is 137 Å². The van der Waals surface area contributed by atoms with Gasteiger partial charge in [0.2, 0.25) is 0 Å². The molecule has 24 heavy (non-hydrogen) atoms. The molecule has 2 aromatic rings. The number of hydrogen-bond acceptors (Lipinski definition) is 3. The number of nitrogens with zero attached hydrogens (tertiary/aromatic N) is 1. The van der Waals surface area contributed by atoms with Gasteiger partial charge in [-0.15, -0.1) is 0 Å². The summed E-state index contributed by atoms with van der Waals surface area (Å²) < 4.78 is 44.0. The number of carbonyl (C=O) groups excluding carboxylic acids is 1. The van der Waals surface area contributed by atoms with Gasteiger partial charge in [-0.3, -0.25) is 9.89 Å². The van der Waals surface area contributed by atoms with E-state index in [0.717, 1.165) is 41.9 Å². The van der Waals surface area contributed by atoms with Gasteiger partial charge in [0.05, 0.1) is 11.3 Å². The molecule has 1 saturated carbocycles. The largest absolute Gasteiger partial charge is 0.467 e. The van der Waals surface area contributed by atoms with E-state index in [1.54, 1.807) is 6.07 Å². The monoisotopic (exact) mass is 338 g/mol. The van der Waals surface area contributed by atoms with Crippen LogP contribution in [-0.4, -0.2) is 23.3 Å². The second-order valence-corrected chi connectivity index (χ2v) is 6.03. The van der Waals surface area contributed by atoms with Crippen molar-refractivity contribution >= 4 is 6.47 Å². The van der Waals surface area contributed by atoms with Crippen LogP contribution in [0.4, 0.5) is 13.2 Å². The van der Waals surface area contributed by atoms with E-state index >= 15 is 0 Å². The summed E-state index contributed by atoms with van der Waals surface area (Å²) in [4.78, 5) is 10.6. The lowest BCUT2D eigenvalue weighted by atomic mass is 9.88. The summed E-state index contributed by atoms with van der Waals surface area (Å²) in [7, 11) is 0. The zero-order valence-corrected chi connectivity index (χ0v) is 13.1. The molecule has 7 heteroatoms. The van der Waals surface area contributed by atoms with E-state index < -0.39 is 17.7 Å². The van der Waals surface area contributed by atoms with Gasteiger partial charge < -0.3 is 4.74 Å². The standard InChI is InChI=1S/C17H17F3N2O2/c1-10-15(16(22-21-10)11-5-6-11)14(8-24-9-23)12-3-2-4-13(7-12)17(18,19)20/h2-4,7,9,11,14H,5-6,8H2,1H3,(H,21,22). The molecule has 1 unspecified atom stereocenters. The van der Waals surface area contributed by atoms with E-state index in [9.17, 15) is 18.0 Å². The molecule has 0 radical (unpaired) electrons. The molecule has 1 atom stereocenters. The van der Waals surface area contributed by atoms with E-state index in [-0.39, 0.29) is 6.61 Å². The van der Waals surface area contributed by atoms with Crippen LogP contribution in [0, 0.1) is 6.92 Å². The predicted molar refractivity (Wildman–Crippen MR) is 80.6 cm³/mol. The molecule has 1 aliphatic carbocycles. The fourth-order valence-electron chi connectivity index (χ4n) is 2.98. The minimum absolute atomic E-state index is 0.0229. The van der Waals surface area contributed by atoms with Gasteiger partial charge in [0.15, 0.2) is 0 Å². The minimum atomic E-state index is -4.42. The summed E-state index contributed by atoms with van der Waals surface area (Å²) in [6.45, 7) is 2.12. The number of aromatic amines is 1. The molecule has 1 aliphatic rings. The molecule has 4 nitrogen and oxygen atoms in total. The minimum Gasteiger partial charge on any atom is -0.467 e. The van der Waals surface area contributed by atoms with Crippen molar-refractivity contribution in [2.45, 2.75) is 37.8 Å². The first-order valence-corrected chi connectivity index (χ1v) is 7.69. The third-order valence-electron chi connectivity index (χ3n) is 4.28. The number of aryl methyl sites for hydroxylation is 1. The molecule has 1 aromatic carbocycles. The maximum Gasteiger partial charge on any atom is 0.416 e. The van der Waals surface area contributed by atoms with Crippen LogP contribution < -0.4 is 0 Å². The van der Waals surface area contributed by atoms with Crippen molar-refractivity contribution < 1.29 is 22.7 Å². The fourth-order valence-corrected chi connectivity index (χ4v) is 2.98. The Morgan fingerprint density at radius 1 is 1.42 bits per heavy atom. The summed E-state index contributed by atoms with van der Waals surface area (Å²) >= 11 is 0. The molecule has 1 aromatic heterocycles. The molecule has 0 spiro atoms. The highest BCUT2D eigenvalue weighted by Gasteiger charge is 2.35. The van der Waals surface area contributed by atoms with Crippen molar-refractivity contribution in [3.8, 4) is 0 Å². The van der Waals surface area contributed by atoms with Crippen molar-refractivity contribution in [2.24, 2.45) is 0 Å². The molecule has 0 amide bonds. The van der Waals surface area contributed by atoms with Gasteiger partial charge in [-0.2, -0.15) is 18.3 Å². The summed E-state index contributed by atoms with van der Waals surface area (Å²) in [6.07, 6.45) is -2.39. The van der Waals surface area contributed by atoms with Gasteiger partial charge in [0.1, 0.15) is 6.61 Å². The second-order valence-electron chi connectivity index (χ2n) is 6.03. The van der Waals surface area contributed by atoms with Crippen LogP contribution in [0.3, 0.4) is 0 Å². The SMILES string of the molecule is Cc1[nH]nc(C2CC2)c1C(COC=O)c1cccc(C(F)(F)F)c1. The van der Waals surface area contributed by atoms with Gasteiger partial charge in [-0.05, 0) is 31.4 Å². The summed E-state index contributed by atoms with van der Waals surface area (Å²) in [6, 6.07) is 5.14. The molecule has 3 rings (SSSR count). The van der Waals surface area contributed by atoms with E-state index in [2.05, 4.69) is 10.2 Å². The van der Waals surface area contributed by atoms with Crippen LogP contribution >= 0.6 is 0 Å².